The van der Waals surface area contributed by atoms with E-state index in [9.17, 15) is 9.59 Å². The highest BCUT2D eigenvalue weighted by Crippen LogP contribution is 2.32. The summed E-state index contributed by atoms with van der Waals surface area (Å²) in [6.07, 6.45) is 16.6. The molecule has 11 heteroatoms. The molecule has 1 aromatic carbocycles. The van der Waals surface area contributed by atoms with Crippen LogP contribution in [0.15, 0.2) is 71.3 Å². The molecule has 244 valence electrons. The summed E-state index contributed by atoms with van der Waals surface area (Å²) in [4.78, 5) is 39.9. The molecule has 46 heavy (non-hydrogen) atoms. The van der Waals surface area contributed by atoms with Gasteiger partial charge in [0.05, 0.1) is 0 Å². The van der Waals surface area contributed by atoms with E-state index in [1.165, 1.54) is 31.0 Å². The first-order valence-electron chi connectivity index (χ1n) is 16.5. The summed E-state index contributed by atoms with van der Waals surface area (Å²) in [6, 6.07) is 11.6. The monoisotopic (exact) mass is 642 g/mol. The van der Waals surface area contributed by atoms with Gasteiger partial charge in [0, 0.05) is 66.9 Å². The Morgan fingerprint density at radius 2 is 1.74 bits per heavy atom. The fourth-order valence-electron chi connectivity index (χ4n) is 5.32. The van der Waals surface area contributed by atoms with Crippen molar-refractivity contribution in [2.75, 3.05) is 41.7 Å². The Morgan fingerprint density at radius 3 is 2.46 bits per heavy atom. The Hall–Kier alpha value is -4.12. The quantitative estimate of drug-likeness (QED) is 0.0800. The number of carbonyl (C=O) groups excluding carboxylic acids is 2. The fraction of sp³-hybridized carbons (Fsp3) is 0.457. The maximum absolute atomic E-state index is 12.9. The molecule has 3 aromatic rings. The summed E-state index contributed by atoms with van der Waals surface area (Å²) in [5.74, 6) is 2.65. The zero-order valence-electron chi connectivity index (χ0n) is 26.8. The predicted octanol–water partition coefficient (Wildman–Crippen LogP) is 7.26. The van der Waals surface area contributed by atoms with Crippen LogP contribution in [0.25, 0.3) is 0 Å². The van der Waals surface area contributed by atoms with Gasteiger partial charge in [-0.05, 0) is 81.5 Å². The lowest BCUT2D eigenvalue weighted by atomic mass is 10.1. The van der Waals surface area contributed by atoms with Gasteiger partial charge in [0.25, 0.3) is 0 Å². The normalized spacial score (nSPS) is 14.9. The summed E-state index contributed by atoms with van der Waals surface area (Å²) in [7, 11) is 0. The highest BCUT2D eigenvalue weighted by molar-refractivity contribution is 7.99. The van der Waals surface area contributed by atoms with Crippen LogP contribution in [0.4, 0.5) is 23.1 Å². The first-order chi connectivity index (χ1) is 22.5. The van der Waals surface area contributed by atoms with Crippen molar-refractivity contribution < 1.29 is 9.59 Å². The van der Waals surface area contributed by atoms with E-state index >= 15 is 0 Å². The summed E-state index contributed by atoms with van der Waals surface area (Å²) in [6.45, 7) is 8.47. The molecule has 0 atom stereocenters. The van der Waals surface area contributed by atoms with Crippen LogP contribution in [0.2, 0.25) is 0 Å². The Balaban J connectivity index is 1.13. The number of benzene rings is 1. The number of rotatable bonds is 17. The topological polar surface area (TPSA) is 119 Å². The molecule has 2 fully saturated rings. The minimum absolute atomic E-state index is 0.0946. The first kappa shape index (κ1) is 33.2. The van der Waals surface area contributed by atoms with Crippen molar-refractivity contribution in [1.82, 2.24) is 25.1 Å². The van der Waals surface area contributed by atoms with Crippen LogP contribution in [0.1, 0.15) is 69.9 Å². The first-order valence-corrected chi connectivity index (χ1v) is 17.3. The molecule has 2 aromatic heterocycles. The smallest absolute Gasteiger partial charge is 0.227 e. The number of aromatic nitrogens is 4. The van der Waals surface area contributed by atoms with E-state index < -0.39 is 0 Å². The molecule has 1 saturated carbocycles. The predicted molar refractivity (Wildman–Crippen MR) is 186 cm³/mol. The van der Waals surface area contributed by atoms with Crippen LogP contribution >= 0.6 is 11.8 Å². The zero-order valence-corrected chi connectivity index (χ0v) is 27.7. The number of hydrogen-bond acceptors (Lipinski definition) is 8. The van der Waals surface area contributed by atoms with Gasteiger partial charge >= 0.3 is 0 Å². The Kier molecular flexibility index (Phi) is 12.3. The largest absolute Gasteiger partial charge is 0.353 e. The highest BCUT2D eigenvalue weighted by atomic mass is 32.2. The standard InChI is InChI=1S/C35H46N8O2S/c1-3-4-5-6-7-8-9-10-11-12-13-33(44)43-22-20-42(21-23-43)32-25-30(37-31-24-26(2)40-41-31)38-35(39-32)46-29-18-16-28(17-19-29)36-34(45)27-14-15-27/h3,5-6,16-19,24-25,27H,1,4,7-15,20-23H2,2H3,(H,36,45)(H2,37,38,39,40,41)/b6-5+. The van der Waals surface area contributed by atoms with E-state index in [2.05, 4.69) is 44.5 Å². The number of nitrogens with zero attached hydrogens (tertiary/aromatic N) is 5. The molecule has 2 aliphatic rings. The van der Waals surface area contributed by atoms with Gasteiger partial charge in [0.1, 0.15) is 11.6 Å². The lowest BCUT2D eigenvalue weighted by Crippen LogP contribution is -2.49. The second-order valence-electron chi connectivity index (χ2n) is 12.0. The molecule has 10 nitrogen and oxygen atoms in total. The highest BCUT2D eigenvalue weighted by Gasteiger charge is 2.29. The fourth-order valence-corrected chi connectivity index (χ4v) is 6.09. The molecular weight excluding hydrogens is 597 g/mol. The van der Waals surface area contributed by atoms with Gasteiger partial charge in [-0.15, -0.1) is 6.58 Å². The number of allylic oxidation sites excluding steroid dienone is 3. The van der Waals surface area contributed by atoms with E-state index in [0.717, 1.165) is 60.6 Å². The molecule has 0 radical (unpaired) electrons. The Morgan fingerprint density at radius 1 is 0.978 bits per heavy atom. The van der Waals surface area contributed by atoms with Gasteiger partial charge in [-0.2, -0.15) is 5.10 Å². The SMILES string of the molecule is C=CC/C=C/CCCCCCCC(=O)N1CCN(c2cc(Nc3cc(C)[nH]n3)nc(Sc3ccc(NC(=O)C4CC4)cc3)n2)CC1. The van der Waals surface area contributed by atoms with Crippen LogP contribution in [0.3, 0.4) is 0 Å². The van der Waals surface area contributed by atoms with Crippen molar-refractivity contribution >= 4 is 46.7 Å². The summed E-state index contributed by atoms with van der Waals surface area (Å²) >= 11 is 1.47. The molecule has 2 amide bonds. The van der Waals surface area contributed by atoms with Crippen LogP contribution in [0, 0.1) is 12.8 Å². The summed E-state index contributed by atoms with van der Waals surface area (Å²) in [5, 5.41) is 14.2. The molecule has 0 unspecified atom stereocenters. The molecule has 1 saturated heterocycles. The Bertz CT molecular complexity index is 1480. The maximum Gasteiger partial charge on any atom is 0.227 e. The van der Waals surface area contributed by atoms with E-state index in [-0.39, 0.29) is 17.7 Å². The van der Waals surface area contributed by atoms with Gasteiger partial charge < -0.3 is 20.4 Å². The lowest BCUT2D eigenvalue weighted by molar-refractivity contribution is -0.131. The number of unbranched alkanes of at least 4 members (excludes halogenated alkanes) is 5. The second-order valence-corrected chi connectivity index (χ2v) is 13.1. The number of carbonyl (C=O) groups is 2. The number of H-pyrrole nitrogens is 1. The van der Waals surface area contributed by atoms with Crippen molar-refractivity contribution in [3.05, 3.63) is 66.9 Å². The molecule has 3 N–H and O–H groups in total. The van der Waals surface area contributed by atoms with Crippen molar-refractivity contribution in [1.29, 1.82) is 0 Å². The maximum atomic E-state index is 12.9. The zero-order chi connectivity index (χ0) is 32.1. The van der Waals surface area contributed by atoms with Crippen molar-refractivity contribution in [2.24, 2.45) is 5.92 Å². The van der Waals surface area contributed by atoms with Gasteiger partial charge in [-0.1, -0.05) is 37.5 Å². The van der Waals surface area contributed by atoms with Crippen LogP contribution in [-0.2, 0) is 9.59 Å². The van der Waals surface area contributed by atoms with Crippen LogP contribution in [-0.4, -0.2) is 63.1 Å². The number of amides is 2. The lowest BCUT2D eigenvalue weighted by Gasteiger charge is -2.35. The average Bonchev–Trinajstić information content (AvgIpc) is 3.84. The van der Waals surface area contributed by atoms with E-state index in [1.54, 1.807) is 0 Å². The van der Waals surface area contributed by atoms with Crippen LogP contribution < -0.4 is 15.5 Å². The molecule has 0 spiro atoms. The molecule has 0 bridgehead atoms. The summed E-state index contributed by atoms with van der Waals surface area (Å²) < 4.78 is 0. The minimum atomic E-state index is 0.0946. The number of nitrogens with one attached hydrogen (secondary N) is 3. The van der Waals surface area contributed by atoms with Crippen LogP contribution in [0.5, 0.6) is 0 Å². The van der Waals surface area contributed by atoms with Crippen molar-refractivity contribution in [3.8, 4) is 0 Å². The van der Waals surface area contributed by atoms with Gasteiger partial charge in [0.2, 0.25) is 11.8 Å². The van der Waals surface area contributed by atoms with E-state index in [4.69, 9.17) is 9.97 Å². The number of hydrogen-bond donors (Lipinski definition) is 3. The molecule has 1 aliphatic heterocycles. The molecule has 1 aliphatic carbocycles. The van der Waals surface area contributed by atoms with E-state index in [0.29, 0.717) is 49.4 Å². The number of piperazine rings is 1. The minimum Gasteiger partial charge on any atom is -0.353 e. The number of aromatic amines is 1. The van der Waals surface area contributed by atoms with Crippen molar-refractivity contribution in [3.63, 3.8) is 0 Å². The van der Waals surface area contributed by atoms with Gasteiger partial charge in [-0.3, -0.25) is 14.7 Å². The summed E-state index contributed by atoms with van der Waals surface area (Å²) in [5.41, 5.74) is 1.75. The number of anilines is 4. The molecule has 3 heterocycles. The van der Waals surface area contributed by atoms with E-state index in [1.807, 2.05) is 54.3 Å². The third kappa shape index (κ3) is 10.5. The second kappa shape index (κ2) is 17.0. The third-order valence-corrected chi connectivity index (χ3v) is 8.99. The third-order valence-electron chi connectivity index (χ3n) is 8.12. The Labute approximate surface area is 276 Å². The number of aryl methyl sites for hydroxylation is 1. The molecule has 5 rings (SSSR count). The van der Waals surface area contributed by atoms with Gasteiger partial charge in [-0.25, -0.2) is 9.97 Å². The van der Waals surface area contributed by atoms with Crippen molar-refractivity contribution in [2.45, 2.75) is 81.2 Å². The average molecular weight is 643 g/mol. The molecular formula is C35H46N8O2S. The van der Waals surface area contributed by atoms with Gasteiger partial charge in [0.15, 0.2) is 11.0 Å².